The summed E-state index contributed by atoms with van der Waals surface area (Å²) >= 11 is 1.22. The number of primary amides is 1. The van der Waals surface area contributed by atoms with Gasteiger partial charge in [-0.1, -0.05) is 6.07 Å². The van der Waals surface area contributed by atoms with Crippen LogP contribution in [0.15, 0.2) is 42.6 Å². The normalized spacial score (nSPS) is 14.7. The quantitative estimate of drug-likeness (QED) is 0.368. The number of amides is 2. The molecule has 2 atom stereocenters. The first-order valence-electron chi connectivity index (χ1n) is 11.1. The zero-order chi connectivity index (χ0) is 24.9. The summed E-state index contributed by atoms with van der Waals surface area (Å²) in [6.07, 6.45) is 3.72. The lowest BCUT2D eigenvalue weighted by atomic mass is 10.1. The molecule has 1 fully saturated rings. The number of halogens is 1. The fourth-order valence-electron chi connectivity index (χ4n) is 3.19. The topological polar surface area (TPSA) is 137 Å². The minimum atomic E-state index is -1.30. The predicted octanol–water partition coefficient (Wildman–Crippen LogP) is 2.85. The number of rotatable bonds is 11. The summed E-state index contributed by atoms with van der Waals surface area (Å²) in [6, 6.07) is 8.08. The molecule has 0 radical (unpaired) electrons. The first-order valence-corrected chi connectivity index (χ1v) is 11.8. The van der Waals surface area contributed by atoms with E-state index in [9.17, 15) is 14.0 Å². The molecule has 35 heavy (non-hydrogen) atoms. The number of aliphatic hydroxyl groups excluding tert-OH is 1. The van der Waals surface area contributed by atoms with Crippen molar-refractivity contribution in [3.8, 4) is 22.9 Å². The predicted molar refractivity (Wildman–Crippen MR) is 127 cm³/mol. The average molecular weight is 501 g/mol. The molecular formula is C24H25FN4O5S. The van der Waals surface area contributed by atoms with Crippen LogP contribution in [0.2, 0.25) is 0 Å². The summed E-state index contributed by atoms with van der Waals surface area (Å²) in [5, 5.41) is 11.3. The number of carbonyl (C=O) groups is 2. The number of hydrogen-bond donors (Lipinski definition) is 3. The lowest BCUT2D eigenvalue weighted by Gasteiger charge is -2.13. The number of ether oxygens (including phenoxy) is 2. The molecule has 0 aliphatic heterocycles. The van der Waals surface area contributed by atoms with E-state index in [2.05, 4.69) is 14.7 Å². The van der Waals surface area contributed by atoms with E-state index in [1.54, 1.807) is 30.5 Å². The van der Waals surface area contributed by atoms with Gasteiger partial charge >= 0.3 is 0 Å². The first kappa shape index (κ1) is 24.6. The van der Waals surface area contributed by atoms with Crippen LogP contribution in [0.1, 0.15) is 41.1 Å². The summed E-state index contributed by atoms with van der Waals surface area (Å²) in [5.41, 5.74) is 5.80. The Kier molecular flexibility index (Phi) is 7.57. The van der Waals surface area contributed by atoms with E-state index in [-0.39, 0.29) is 11.7 Å². The van der Waals surface area contributed by atoms with Crippen LogP contribution in [0.25, 0.3) is 11.3 Å². The molecule has 2 amide bonds. The Morgan fingerprint density at radius 2 is 2.09 bits per heavy atom. The number of benzene rings is 1. The lowest BCUT2D eigenvalue weighted by Crippen LogP contribution is -2.47. The number of aliphatic hydroxyl groups is 1. The monoisotopic (exact) mass is 500 g/mol. The van der Waals surface area contributed by atoms with E-state index in [0.717, 1.165) is 4.88 Å². The van der Waals surface area contributed by atoms with Crippen molar-refractivity contribution in [2.24, 2.45) is 11.7 Å². The number of nitrogens with zero attached hydrogens (tertiary/aromatic N) is 2. The zero-order valence-electron chi connectivity index (χ0n) is 18.9. The van der Waals surface area contributed by atoms with E-state index in [1.807, 2.05) is 6.92 Å². The summed E-state index contributed by atoms with van der Waals surface area (Å²) in [5.74, 6) is -0.767. The van der Waals surface area contributed by atoms with Gasteiger partial charge in [-0.05, 0) is 61.5 Å². The number of pyridine rings is 1. The molecule has 1 aliphatic rings. The largest absolute Gasteiger partial charge is 0.484 e. The maximum atomic E-state index is 14.6. The standard InChI is InChI=1S/C24H25FN4O5S/c1-13(34-16-5-7-22(27-10-16)33-12-14-2-3-14)21-9-19(29-35-21)15-4-6-17(18(25)8-15)24(32)28-20(11-30)23(26)31/h4-10,13-14,20,30H,2-3,11-12H2,1H3,(H2,26,31)(H,28,32)/t13?,20-/m0/s1. The molecule has 0 saturated heterocycles. The van der Waals surface area contributed by atoms with Gasteiger partial charge in [0.1, 0.15) is 23.7 Å². The van der Waals surface area contributed by atoms with Crippen molar-refractivity contribution in [1.82, 2.24) is 14.7 Å². The van der Waals surface area contributed by atoms with Crippen LogP contribution in [0.3, 0.4) is 0 Å². The molecule has 4 rings (SSSR count). The first-order chi connectivity index (χ1) is 16.8. The molecule has 11 heteroatoms. The van der Waals surface area contributed by atoms with Crippen molar-refractivity contribution in [3.63, 3.8) is 0 Å². The van der Waals surface area contributed by atoms with Gasteiger partial charge in [0.15, 0.2) is 0 Å². The van der Waals surface area contributed by atoms with E-state index in [0.29, 0.717) is 35.4 Å². The molecule has 4 N–H and O–H groups in total. The number of nitrogens with one attached hydrogen (secondary N) is 1. The number of carbonyl (C=O) groups excluding carboxylic acids is 2. The molecule has 3 aromatic rings. The van der Waals surface area contributed by atoms with Crippen LogP contribution < -0.4 is 20.5 Å². The third kappa shape index (κ3) is 6.31. The molecule has 9 nitrogen and oxygen atoms in total. The van der Waals surface area contributed by atoms with Gasteiger partial charge in [0.05, 0.1) is 35.5 Å². The number of hydrogen-bond acceptors (Lipinski definition) is 8. The fourth-order valence-corrected chi connectivity index (χ4v) is 3.91. The van der Waals surface area contributed by atoms with Crippen molar-refractivity contribution in [2.45, 2.75) is 31.9 Å². The molecule has 1 unspecified atom stereocenters. The van der Waals surface area contributed by atoms with Gasteiger partial charge in [-0.25, -0.2) is 9.37 Å². The molecule has 2 aromatic heterocycles. The minimum absolute atomic E-state index is 0.280. The van der Waals surface area contributed by atoms with Crippen molar-refractivity contribution in [2.75, 3.05) is 13.2 Å². The minimum Gasteiger partial charge on any atom is -0.484 e. The van der Waals surface area contributed by atoms with Crippen LogP contribution in [0.5, 0.6) is 11.6 Å². The second kappa shape index (κ2) is 10.8. The van der Waals surface area contributed by atoms with Crippen LogP contribution in [0, 0.1) is 11.7 Å². The smallest absolute Gasteiger partial charge is 0.254 e. The molecule has 0 spiro atoms. The van der Waals surface area contributed by atoms with Crippen molar-refractivity contribution >= 4 is 23.3 Å². The Hall–Kier alpha value is -3.57. The third-order valence-corrected chi connectivity index (χ3v) is 6.40. The highest BCUT2D eigenvalue weighted by Gasteiger charge is 2.23. The van der Waals surface area contributed by atoms with Gasteiger partial charge in [0.25, 0.3) is 5.91 Å². The third-order valence-electron chi connectivity index (χ3n) is 5.46. The van der Waals surface area contributed by atoms with E-state index >= 15 is 0 Å². The van der Waals surface area contributed by atoms with Crippen molar-refractivity contribution < 1.29 is 28.6 Å². The summed E-state index contributed by atoms with van der Waals surface area (Å²) in [6.45, 7) is 1.88. The second-order valence-corrected chi connectivity index (χ2v) is 9.10. The Labute approximate surface area is 205 Å². The number of nitrogens with two attached hydrogens (primary N) is 1. The van der Waals surface area contributed by atoms with E-state index < -0.39 is 30.3 Å². The van der Waals surface area contributed by atoms with Crippen molar-refractivity contribution in [1.29, 1.82) is 0 Å². The Balaban J connectivity index is 1.38. The molecule has 1 aliphatic carbocycles. The van der Waals surface area contributed by atoms with Crippen LogP contribution in [-0.2, 0) is 4.79 Å². The van der Waals surface area contributed by atoms with E-state index in [4.69, 9.17) is 20.3 Å². The molecule has 1 saturated carbocycles. The highest BCUT2D eigenvalue weighted by molar-refractivity contribution is 7.06. The van der Waals surface area contributed by atoms with Crippen LogP contribution in [0.4, 0.5) is 4.39 Å². The Morgan fingerprint density at radius 1 is 1.29 bits per heavy atom. The number of aromatic nitrogens is 2. The molecule has 2 heterocycles. The zero-order valence-corrected chi connectivity index (χ0v) is 19.8. The van der Waals surface area contributed by atoms with E-state index in [1.165, 1.54) is 36.5 Å². The van der Waals surface area contributed by atoms with Gasteiger partial charge in [-0.2, -0.15) is 4.37 Å². The average Bonchev–Trinajstić information content (AvgIpc) is 3.54. The van der Waals surface area contributed by atoms with Crippen molar-refractivity contribution in [3.05, 3.63) is 58.9 Å². The highest BCUT2D eigenvalue weighted by atomic mass is 32.1. The van der Waals surface area contributed by atoms with Gasteiger partial charge < -0.3 is 25.6 Å². The second-order valence-electron chi connectivity index (χ2n) is 8.27. The Bertz CT molecular complexity index is 1200. The fraction of sp³-hybridized carbons (Fsp3) is 0.333. The highest BCUT2D eigenvalue weighted by Crippen LogP contribution is 2.31. The molecular weight excluding hydrogens is 475 g/mol. The Morgan fingerprint density at radius 3 is 2.71 bits per heavy atom. The molecule has 0 bridgehead atoms. The van der Waals surface area contributed by atoms with Gasteiger partial charge in [0.2, 0.25) is 11.8 Å². The molecule has 1 aromatic carbocycles. The maximum absolute atomic E-state index is 14.6. The maximum Gasteiger partial charge on any atom is 0.254 e. The summed E-state index contributed by atoms with van der Waals surface area (Å²) in [7, 11) is 0. The SMILES string of the molecule is CC(Oc1ccc(OCC2CC2)nc1)c1cc(-c2ccc(C(=O)N[C@@H](CO)C(N)=O)c(F)c2)ns1. The summed E-state index contributed by atoms with van der Waals surface area (Å²) < 4.78 is 30.6. The van der Waals surface area contributed by atoms with Gasteiger partial charge in [0, 0.05) is 11.6 Å². The molecule has 184 valence electrons. The van der Waals surface area contributed by atoms with Gasteiger partial charge in [-0.15, -0.1) is 0 Å². The lowest BCUT2D eigenvalue weighted by molar-refractivity contribution is -0.120. The van der Waals surface area contributed by atoms with Gasteiger partial charge in [-0.3, -0.25) is 9.59 Å². The van der Waals surface area contributed by atoms with Crippen LogP contribution >= 0.6 is 11.5 Å². The summed E-state index contributed by atoms with van der Waals surface area (Å²) in [4.78, 5) is 28.5. The van der Waals surface area contributed by atoms with Crippen LogP contribution in [-0.4, -0.2) is 45.5 Å².